The highest BCUT2D eigenvalue weighted by atomic mass is 32.2. The lowest BCUT2D eigenvalue weighted by Gasteiger charge is -2.14. The van der Waals surface area contributed by atoms with E-state index in [1.807, 2.05) is 26.0 Å². The molecule has 0 unspecified atom stereocenters. The molecule has 5 nitrogen and oxygen atoms in total. The fourth-order valence-corrected chi connectivity index (χ4v) is 3.50. The van der Waals surface area contributed by atoms with E-state index in [0.29, 0.717) is 11.3 Å². The molecule has 1 aliphatic rings. The molecule has 7 heteroatoms. The van der Waals surface area contributed by atoms with Gasteiger partial charge in [0.15, 0.2) is 0 Å². The summed E-state index contributed by atoms with van der Waals surface area (Å²) in [5, 5.41) is -0.439. The molecule has 0 radical (unpaired) electrons. The number of rotatable bonds is 5. The zero-order valence-corrected chi connectivity index (χ0v) is 14.3. The van der Waals surface area contributed by atoms with Gasteiger partial charge in [0, 0.05) is 9.75 Å². The number of nitrogens with zero attached hydrogens (tertiary/aromatic N) is 1. The first-order chi connectivity index (χ1) is 10.4. The average Bonchev–Trinajstić information content (AvgIpc) is 2.98. The molecule has 1 saturated heterocycles. The van der Waals surface area contributed by atoms with Crippen molar-refractivity contribution in [2.45, 2.75) is 33.3 Å². The molecule has 1 fully saturated rings. The first-order valence-electron chi connectivity index (χ1n) is 6.92. The number of carbonyl (C=O) groups is 3. The summed E-state index contributed by atoms with van der Waals surface area (Å²) >= 11 is 2.39. The first-order valence-corrected chi connectivity index (χ1v) is 8.55. The van der Waals surface area contributed by atoms with Gasteiger partial charge in [-0.25, -0.2) is 0 Å². The van der Waals surface area contributed by atoms with E-state index in [1.54, 1.807) is 24.3 Å². The largest absolute Gasteiger partial charge is 0.461 e. The number of thioether (sulfide) groups is 1. The maximum absolute atomic E-state index is 12.2. The predicted molar refractivity (Wildman–Crippen MR) is 87.6 cm³/mol. The van der Waals surface area contributed by atoms with Gasteiger partial charge < -0.3 is 4.74 Å². The van der Waals surface area contributed by atoms with Crippen molar-refractivity contribution in [3.8, 4) is 0 Å². The summed E-state index contributed by atoms with van der Waals surface area (Å²) in [6.07, 6.45) is 2.14. The van der Waals surface area contributed by atoms with E-state index in [0.717, 1.165) is 26.4 Å². The second kappa shape index (κ2) is 7.11. The quantitative estimate of drug-likeness (QED) is 0.607. The second-order valence-corrected chi connectivity index (χ2v) is 7.24. The molecule has 0 aliphatic carbocycles. The standard InChI is InChI=1S/C15H17NO4S2/c1-4-9(2)20-13(17)8-16-14(18)12(22-15(16)19)7-11-6-5-10(3)21-11/h5-7,9H,4,8H2,1-3H3/b12-7+/t9-/m0/s1. The summed E-state index contributed by atoms with van der Waals surface area (Å²) in [5.74, 6) is -1.01. The van der Waals surface area contributed by atoms with Crippen LogP contribution in [-0.2, 0) is 14.3 Å². The summed E-state index contributed by atoms with van der Waals surface area (Å²) in [6, 6.07) is 3.84. The second-order valence-electron chi connectivity index (χ2n) is 4.92. The molecular weight excluding hydrogens is 322 g/mol. The van der Waals surface area contributed by atoms with Gasteiger partial charge in [-0.15, -0.1) is 11.3 Å². The van der Waals surface area contributed by atoms with Crippen molar-refractivity contribution in [2.75, 3.05) is 6.54 Å². The molecule has 0 bridgehead atoms. The minimum Gasteiger partial charge on any atom is -0.461 e. The van der Waals surface area contributed by atoms with Gasteiger partial charge in [-0.1, -0.05) is 6.92 Å². The van der Waals surface area contributed by atoms with Crippen LogP contribution in [0.2, 0.25) is 0 Å². The van der Waals surface area contributed by atoms with Gasteiger partial charge in [0.05, 0.1) is 11.0 Å². The zero-order valence-electron chi connectivity index (χ0n) is 12.6. The van der Waals surface area contributed by atoms with Crippen molar-refractivity contribution in [2.24, 2.45) is 0 Å². The van der Waals surface area contributed by atoms with Crippen LogP contribution >= 0.6 is 23.1 Å². The van der Waals surface area contributed by atoms with Gasteiger partial charge in [0.25, 0.3) is 11.1 Å². The zero-order chi connectivity index (χ0) is 16.3. The lowest BCUT2D eigenvalue weighted by molar-refractivity contribution is -0.150. The number of amides is 2. The van der Waals surface area contributed by atoms with Crippen molar-refractivity contribution in [1.29, 1.82) is 0 Å². The van der Waals surface area contributed by atoms with Crippen LogP contribution in [-0.4, -0.2) is 34.7 Å². The SMILES string of the molecule is CC[C@H](C)OC(=O)CN1C(=O)S/C(=C/c2ccc(C)s2)C1=O. The number of carbonyl (C=O) groups excluding carboxylic acids is 3. The Morgan fingerprint density at radius 1 is 1.41 bits per heavy atom. The Hall–Kier alpha value is -1.60. The Morgan fingerprint density at radius 3 is 2.73 bits per heavy atom. The van der Waals surface area contributed by atoms with Crippen LogP contribution in [0.25, 0.3) is 6.08 Å². The Bertz CT molecular complexity index is 635. The fraction of sp³-hybridized carbons (Fsp3) is 0.400. The Labute approximate surface area is 137 Å². The summed E-state index contributed by atoms with van der Waals surface area (Å²) in [6.45, 7) is 5.29. The minimum atomic E-state index is -0.565. The van der Waals surface area contributed by atoms with Crippen LogP contribution in [0.4, 0.5) is 4.79 Å². The maximum atomic E-state index is 12.2. The third-order valence-electron chi connectivity index (χ3n) is 3.10. The first kappa shape index (κ1) is 16.8. The van der Waals surface area contributed by atoms with Crippen molar-refractivity contribution >= 4 is 46.3 Å². The van der Waals surface area contributed by atoms with Crippen LogP contribution in [0.5, 0.6) is 0 Å². The number of aryl methyl sites for hydroxylation is 1. The molecular formula is C15H17NO4S2. The molecule has 0 aromatic carbocycles. The lowest BCUT2D eigenvalue weighted by atomic mass is 10.3. The normalized spacial score (nSPS) is 18.1. The molecule has 0 N–H and O–H groups in total. The van der Waals surface area contributed by atoms with Crippen molar-refractivity contribution in [1.82, 2.24) is 4.90 Å². The Kier molecular flexibility index (Phi) is 5.42. The Balaban J connectivity index is 2.06. The van der Waals surface area contributed by atoms with Crippen LogP contribution in [0.15, 0.2) is 17.0 Å². The van der Waals surface area contributed by atoms with E-state index in [1.165, 1.54) is 0 Å². The summed E-state index contributed by atoms with van der Waals surface area (Å²) in [5.41, 5.74) is 0. The molecule has 1 aromatic rings. The number of esters is 1. The molecule has 22 heavy (non-hydrogen) atoms. The molecule has 1 aromatic heterocycles. The number of ether oxygens (including phenoxy) is 1. The van der Waals surface area contributed by atoms with Gasteiger partial charge >= 0.3 is 5.97 Å². The highest BCUT2D eigenvalue weighted by Gasteiger charge is 2.36. The predicted octanol–water partition coefficient (Wildman–Crippen LogP) is 3.43. The molecule has 1 aliphatic heterocycles. The van der Waals surface area contributed by atoms with E-state index in [4.69, 9.17) is 4.74 Å². The smallest absolute Gasteiger partial charge is 0.326 e. The molecule has 0 saturated carbocycles. The third-order valence-corrected chi connectivity index (χ3v) is 4.96. The van der Waals surface area contributed by atoms with Gasteiger partial charge in [0.1, 0.15) is 6.54 Å². The topological polar surface area (TPSA) is 63.7 Å². The third kappa shape index (κ3) is 3.98. The van der Waals surface area contributed by atoms with Crippen LogP contribution in [0.1, 0.15) is 30.0 Å². The molecule has 1 atom stereocenters. The van der Waals surface area contributed by atoms with E-state index in [2.05, 4.69) is 0 Å². The van der Waals surface area contributed by atoms with Crippen molar-refractivity contribution in [3.05, 3.63) is 26.8 Å². The number of hydrogen-bond donors (Lipinski definition) is 0. The summed E-state index contributed by atoms with van der Waals surface area (Å²) < 4.78 is 5.10. The van der Waals surface area contributed by atoms with Crippen LogP contribution < -0.4 is 0 Å². The Morgan fingerprint density at radius 2 is 2.14 bits per heavy atom. The number of hydrogen-bond acceptors (Lipinski definition) is 6. The van der Waals surface area contributed by atoms with Crippen molar-refractivity contribution in [3.63, 3.8) is 0 Å². The molecule has 2 amide bonds. The molecule has 118 valence electrons. The maximum Gasteiger partial charge on any atom is 0.326 e. The highest BCUT2D eigenvalue weighted by molar-refractivity contribution is 8.18. The molecule has 0 spiro atoms. The van der Waals surface area contributed by atoms with Gasteiger partial charge in [0.2, 0.25) is 0 Å². The van der Waals surface area contributed by atoms with E-state index in [9.17, 15) is 14.4 Å². The summed E-state index contributed by atoms with van der Waals surface area (Å²) in [4.78, 5) is 39.2. The monoisotopic (exact) mass is 339 g/mol. The number of thiophene rings is 1. The molecule has 2 heterocycles. The van der Waals surface area contributed by atoms with Crippen LogP contribution in [0.3, 0.4) is 0 Å². The fourth-order valence-electron chi connectivity index (χ4n) is 1.77. The van der Waals surface area contributed by atoms with Gasteiger partial charge in [-0.05, 0) is 50.2 Å². The average molecular weight is 339 g/mol. The molecule has 2 rings (SSSR count). The lowest BCUT2D eigenvalue weighted by Crippen LogP contribution is -2.35. The summed E-state index contributed by atoms with van der Waals surface area (Å²) in [7, 11) is 0. The highest BCUT2D eigenvalue weighted by Crippen LogP contribution is 2.33. The number of imide groups is 1. The van der Waals surface area contributed by atoms with E-state index in [-0.39, 0.29) is 12.6 Å². The van der Waals surface area contributed by atoms with Gasteiger partial charge in [-0.3, -0.25) is 19.3 Å². The minimum absolute atomic E-state index is 0.225. The van der Waals surface area contributed by atoms with E-state index >= 15 is 0 Å². The van der Waals surface area contributed by atoms with Gasteiger partial charge in [-0.2, -0.15) is 0 Å². The van der Waals surface area contributed by atoms with E-state index < -0.39 is 17.1 Å². The van der Waals surface area contributed by atoms with Crippen LogP contribution in [0, 0.1) is 6.92 Å². The van der Waals surface area contributed by atoms with Crippen molar-refractivity contribution < 1.29 is 19.1 Å².